The third-order valence-corrected chi connectivity index (χ3v) is 7.26. The van der Waals surface area contributed by atoms with Crippen molar-refractivity contribution in [3.8, 4) is 11.4 Å². The lowest BCUT2D eigenvalue weighted by molar-refractivity contribution is 0.384. The molecule has 2 aliphatic rings. The van der Waals surface area contributed by atoms with Crippen LogP contribution in [0.4, 0.5) is 17.2 Å². The summed E-state index contributed by atoms with van der Waals surface area (Å²) in [5.41, 5.74) is 3.93. The number of piperidine rings is 1. The predicted octanol–water partition coefficient (Wildman–Crippen LogP) is 4.57. The highest BCUT2D eigenvalue weighted by atomic mass is 32.1. The van der Waals surface area contributed by atoms with Crippen molar-refractivity contribution in [3.63, 3.8) is 0 Å². The fourth-order valence-corrected chi connectivity index (χ4v) is 5.06. The molecule has 4 heterocycles. The van der Waals surface area contributed by atoms with Crippen LogP contribution >= 0.6 is 11.3 Å². The number of hydrogen-bond acceptors (Lipinski definition) is 7. The minimum atomic E-state index is -0.309. The van der Waals surface area contributed by atoms with E-state index < -0.39 is 0 Å². The highest BCUT2D eigenvalue weighted by molar-refractivity contribution is 7.08. The fourth-order valence-electron chi connectivity index (χ4n) is 4.42. The largest absolute Gasteiger partial charge is 0.371 e. The molecule has 2 N–H and O–H groups in total. The van der Waals surface area contributed by atoms with Gasteiger partial charge in [-0.05, 0) is 66.8 Å². The Bertz CT molecular complexity index is 1280. The summed E-state index contributed by atoms with van der Waals surface area (Å²) in [5.74, 6) is 1.05. The van der Waals surface area contributed by atoms with Crippen LogP contribution in [0.15, 0.2) is 52.1 Å². The lowest BCUT2D eigenvalue weighted by Gasteiger charge is -2.33. The van der Waals surface area contributed by atoms with E-state index >= 15 is 0 Å². The first kappa shape index (κ1) is 18.5. The van der Waals surface area contributed by atoms with Gasteiger partial charge in [-0.25, -0.2) is 15.1 Å². The molecule has 1 spiro atoms. The molecular weight excluding hydrogens is 408 g/mol. The molecule has 0 atom stereocenters. The van der Waals surface area contributed by atoms with E-state index in [1.165, 1.54) is 31.4 Å². The van der Waals surface area contributed by atoms with Crippen molar-refractivity contribution in [3.05, 3.63) is 57.6 Å². The van der Waals surface area contributed by atoms with Gasteiger partial charge in [-0.1, -0.05) is 0 Å². The second kappa shape index (κ2) is 7.16. The Balaban J connectivity index is 1.30. The van der Waals surface area contributed by atoms with Crippen molar-refractivity contribution in [2.24, 2.45) is 5.41 Å². The summed E-state index contributed by atoms with van der Waals surface area (Å²) in [4.78, 5) is 24.1. The monoisotopic (exact) mass is 430 g/mol. The molecule has 1 saturated carbocycles. The molecular formula is C23H22N6OS. The second-order valence-corrected chi connectivity index (χ2v) is 9.31. The van der Waals surface area contributed by atoms with Gasteiger partial charge in [-0.3, -0.25) is 4.79 Å². The molecule has 4 aromatic rings. The van der Waals surface area contributed by atoms with Crippen LogP contribution in [-0.4, -0.2) is 33.3 Å². The lowest BCUT2D eigenvalue weighted by Crippen LogP contribution is -2.34. The van der Waals surface area contributed by atoms with Gasteiger partial charge in [-0.15, -0.1) is 0 Å². The van der Waals surface area contributed by atoms with Crippen LogP contribution in [0.1, 0.15) is 25.7 Å². The number of rotatable bonds is 4. The van der Waals surface area contributed by atoms with Gasteiger partial charge in [0.25, 0.3) is 5.56 Å². The number of fused-ring (bicyclic) bond motifs is 1. The third-order valence-electron chi connectivity index (χ3n) is 6.57. The lowest BCUT2D eigenvalue weighted by atomic mass is 9.93. The molecule has 8 heteroatoms. The van der Waals surface area contributed by atoms with E-state index in [1.54, 1.807) is 17.5 Å². The maximum absolute atomic E-state index is 12.5. The highest BCUT2D eigenvalue weighted by Gasteiger charge is 2.44. The van der Waals surface area contributed by atoms with E-state index in [0.717, 1.165) is 24.3 Å². The normalized spacial score (nSPS) is 17.2. The molecule has 1 aliphatic carbocycles. The molecule has 7 nitrogen and oxygen atoms in total. The van der Waals surface area contributed by atoms with Gasteiger partial charge in [0.2, 0.25) is 0 Å². The van der Waals surface area contributed by atoms with Crippen LogP contribution in [-0.2, 0) is 0 Å². The molecule has 156 valence electrons. The summed E-state index contributed by atoms with van der Waals surface area (Å²) in [7, 11) is 0. The highest BCUT2D eigenvalue weighted by Crippen LogP contribution is 2.53. The van der Waals surface area contributed by atoms with Gasteiger partial charge in [0.05, 0.1) is 6.20 Å². The van der Waals surface area contributed by atoms with Gasteiger partial charge >= 0.3 is 0 Å². The Morgan fingerprint density at radius 2 is 1.84 bits per heavy atom. The van der Waals surface area contributed by atoms with Crippen LogP contribution in [0.3, 0.4) is 0 Å². The second-order valence-electron chi connectivity index (χ2n) is 8.53. The summed E-state index contributed by atoms with van der Waals surface area (Å²) in [6.45, 7) is 2.27. The minimum absolute atomic E-state index is 0.309. The standard InChI is InChI=1S/C23H22N6OS/c30-22-19-18(13-24-28-22)26-20(15-5-12-31-14-15)27-21(19)25-16-1-3-17(4-2-16)29-10-8-23(6-7-23)9-11-29/h1-5,12-14H,6-11H2,(H,28,30)(H,25,26,27). The zero-order chi connectivity index (χ0) is 20.8. The van der Waals surface area contributed by atoms with Gasteiger partial charge in [0.15, 0.2) is 5.82 Å². The van der Waals surface area contributed by atoms with E-state index in [1.807, 2.05) is 29.0 Å². The summed E-state index contributed by atoms with van der Waals surface area (Å²) in [6, 6.07) is 10.3. The van der Waals surface area contributed by atoms with Crippen LogP contribution < -0.4 is 15.8 Å². The van der Waals surface area contributed by atoms with E-state index in [-0.39, 0.29) is 5.56 Å². The molecule has 2 fully saturated rings. The van der Waals surface area contributed by atoms with Crippen molar-refractivity contribution < 1.29 is 0 Å². The molecule has 3 aromatic heterocycles. The Morgan fingerprint density at radius 3 is 2.55 bits per heavy atom. The number of benzene rings is 1. The number of thiophene rings is 1. The number of aromatic amines is 1. The molecule has 0 amide bonds. The Labute approximate surface area is 183 Å². The number of hydrogen-bond donors (Lipinski definition) is 2. The van der Waals surface area contributed by atoms with Gasteiger partial charge in [0, 0.05) is 35.4 Å². The molecule has 31 heavy (non-hydrogen) atoms. The molecule has 1 saturated heterocycles. The molecule has 1 aromatic carbocycles. The third kappa shape index (κ3) is 3.46. The number of anilines is 3. The quantitative estimate of drug-likeness (QED) is 0.493. The molecule has 0 unspecified atom stereocenters. The average molecular weight is 431 g/mol. The molecule has 0 radical (unpaired) electrons. The van der Waals surface area contributed by atoms with Crippen molar-refractivity contribution in [1.82, 2.24) is 20.2 Å². The number of nitrogens with one attached hydrogen (secondary N) is 2. The van der Waals surface area contributed by atoms with Crippen LogP contribution in [0, 0.1) is 5.41 Å². The summed E-state index contributed by atoms with van der Waals surface area (Å²) < 4.78 is 0. The van der Waals surface area contributed by atoms with E-state index in [9.17, 15) is 4.79 Å². The van der Waals surface area contributed by atoms with E-state index in [4.69, 9.17) is 0 Å². The average Bonchev–Trinajstić information content (AvgIpc) is 3.31. The van der Waals surface area contributed by atoms with Gasteiger partial charge in [0.1, 0.15) is 16.7 Å². The maximum Gasteiger partial charge on any atom is 0.277 e. The SMILES string of the molecule is O=c1[nH]ncc2nc(-c3ccsc3)nc(Nc3ccc(N4CCC5(CC4)CC5)cc3)c12. The van der Waals surface area contributed by atoms with Gasteiger partial charge < -0.3 is 10.2 Å². The van der Waals surface area contributed by atoms with Crippen LogP contribution in [0.2, 0.25) is 0 Å². The number of H-pyrrole nitrogens is 1. The van der Waals surface area contributed by atoms with Crippen molar-refractivity contribution in [1.29, 1.82) is 0 Å². The number of aromatic nitrogens is 4. The van der Waals surface area contributed by atoms with Gasteiger partial charge in [-0.2, -0.15) is 16.4 Å². The first-order valence-corrected chi connectivity index (χ1v) is 11.5. The first-order chi connectivity index (χ1) is 15.2. The van der Waals surface area contributed by atoms with Crippen molar-refractivity contribution >= 4 is 39.4 Å². The summed E-state index contributed by atoms with van der Waals surface area (Å²) >= 11 is 1.58. The zero-order valence-corrected chi connectivity index (χ0v) is 17.8. The Kier molecular flexibility index (Phi) is 4.27. The zero-order valence-electron chi connectivity index (χ0n) is 17.0. The topological polar surface area (TPSA) is 86.8 Å². The van der Waals surface area contributed by atoms with E-state index in [0.29, 0.717) is 28.0 Å². The van der Waals surface area contributed by atoms with Crippen molar-refractivity contribution in [2.45, 2.75) is 25.7 Å². The van der Waals surface area contributed by atoms with Crippen LogP contribution in [0.5, 0.6) is 0 Å². The molecule has 0 bridgehead atoms. The molecule has 6 rings (SSSR count). The predicted molar refractivity (Wildman–Crippen MR) is 124 cm³/mol. The Hall–Kier alpha value is -3.26. The Morgan fingerprint density at radius 1 is 1.03 bits per heavy atom. The fraction of sp³-hybridized carbons (Fsp3) is 0.304. The van der Waals surface area contributed by atoms with Crippen molar-refractivity contribution in [2.75, 3.05) is 23.3 Å². The minimum Gasteiger partial charge on any atom is -0.371 e. The number of nitrogens with zero attached hydrogens (tertiary/aromatic N) is 4. The smallest absolute Gasteiger partial charge is 0.277 e. The summed E-state index contributed by atoms with van der Waals surface area (Å²) in [5, 5.41) is 14.1. The van der Waals surface area contributed by atoms with Crippen LogP contribution in [0.25, 0.3) is 22.3 Å². The summed E-state index contributed by atoms with van der Waals surface area (Å²) in [6.07, 6.45) is 7.01. The maximum atomic E-state index is 12.5. The first-order valence-electron chi connectivity index (χ1n) is 10.6. The van der Waals surface area contributed by atoms with E-state index in [2.05, 4.69) is 42.5 Å². The molecule has 1 aliphatic heterocycles.